The number of alkyl halides is 1. The Kier molecular flexibility index (Phi) is 7.93. The van der Waals surface area contributed by atoms with E-state index in [0.717, 1.165) is 0 Å². The largest absolute Gasteiger partial charge is 0.497 e. The maximum atomic E-state index is 12.8. The van der Waals surface area contributed by atoms with Gasteiger partial charge in [-0.25, -0.2) is 0 Å². The zero-order valence-electron chi connectivity index (χ0n) is 16.8. The molecule has 5 nitrogen and oxygen atoms in total. The summed E-state index contributed by atoms with van der Waals surface area (Å²) in [6, 6.07) is 20.3. The minimum Gasteiger partial charge on any atom is -0.497 e. The van der Waals surface area contributed by atoms with E-state index in [-0.39, 0.29) is 17.6 Å². The van der Waals surface area contributed by atoms with Gasteiger partial charge >= 0.3 is 0 Å². The second-order valence-corrected chi connectivity index (χ2v) is 7.48. The summed E-state index contributed by atoms with van der Waals surface area (Å²) >= 11 is 11.8. The van der Waals surface area contributed by atoms with Gasteiger partial charge in [0.25, 0.3) is 5.91 Å². The molecule has 0 radical (unpaired) electrons. The predicted molar refractivity (Wildman–Crippen MR) is 123 cm³/mol. The molecule has 160 valence electrons. The maximum Gasteiger partial charge on any atom is 0.255 e. The number of nitrogens with one attached hydrogen (secondary N) is 1. The van der Waals surface area contributed by atoms with E-state index < -0.39 is 6.10 Å². The average molecular weight is 458 g/mol. The van der Waals surface area contributed by atoms with Gasteiger partial charge in [-0.1, -0.05) is 17.7 Å². The average Bonchev–Trinajstić information content (AvgIpc) is 2.80. The first-order valence-electron chi connectivity index (χ1n) is 9.58. The summed E-state index contributed by atoms with van der Waals surface area (Å²) in [4.78, 5) is 25.2. The van der Waals surface area contributed by atoms with Crippen LogP contribution in [0.25, 0.3) is 0 Å². The first kappa shape index (κ1) is 22.7. The second kappa shape index (κ2) is 10.8. The first-order valence-corrected chi connectivity index (χ1v) is 10.5. The van der Waals surface area contributed by atoms with Gasteiger partial charge in [0.2, 0.25) is 5.78 Å². The van der Waals surface area contributed by atoms with Gasteiger partial charge in [-0.3, -0.25) is 9.59 Å². The van der Waals surface area contributed by atoms with Crippen LogP contribution in [0.1, 0.15) is 27.1 Å². The number of hydrogen-bond acceptors (Lipinski definition) is 4. The molecule has 1 amide bonds. The molecule has 0 aliphatic heterocycles. The number of carbonyl (C=O) groups excluding carboxylic acids is 2. The number of carbonyl (C=O) groups is 2. The lowest BCUT2D eigenvalue weighted by Gasteiger charge is -2.17. The number of Topliss-reactive ketones (excluding diaryl/α,β-unsaturated/α-hetero) is 1. The zero-order chi connectivity index (χ0) is 22.2. The highest BCUT2D eigenvalue weighted by atomic mass is 35.5. The topological polar surface area (TPSA) is 64.6 Å². The number of ether oxygens (including phenoxy) is 2. The van der Waals surface area contributed by atoms with Crippen molar-refractivity contribution in [3.63, 3.8) is 0 Å². The molecule has 0 aliphatic rings. The van der Waals surface area contributed by atoms with Crippen LogP contribution in [0.15, 0.2) is 72.8 Å². The highest BCUT2D eigenvalue weighted by molar-refractivity contribution is 6.30. The number of hydrogen-bond donors (Lipinski definition) is 1. The highest BCUT2D eigenvalue weighted by Gasteiger charge is 2.21. The van der Waals surface area contributed by atoms with Crippen molar-refractivity contribution in [2.75, 3.05) is 18.3 Å². The number of amides is 1. The second-order valence-electron chi connectivity index (χ2n) is 6.67. The van der Waals surface area contributed by atoms with Gasteiger partial charge in [-0.05, 0) is 66.7 Å². The molecule has 0 aliphatic carbocycles. The Morgan fingerprint density at radius 1 is 0.935 bits per heavy atom. The molecule has 1 atom stereocenters. The van der Waals surface area contributed by atoms with E-state index in [1.807, 2.05) is 0 Å². The first-order chi connectivity index (χ1) is 15.0. The number of rotatable bonds is 9. The predicted octanol–water partition coefficient (Wildman–Crippen LogP) is 5.86. The van der Waals surface area contributed by atoms with Crippen molar-refractivity contribution >= 4 is 40.6 Å². The van der Waals surface area contributed by atoms with Crippen molar-refractivity contribution in [2.24, 2.45) is 0 Å². The van der Waals surface area contributed by atoms with Crippen LogP contribution >= 0.6 is 23.2 Å². The van der Waals surface area contributed by atoms with Gasteiger partial charge in [-0.15, -0.1) is 11.6 Å². The Morgan fingerprint density at radius 2 is 1.65 bits per heavy atom. The molecular formula is C24H21Cl2NO4. The third kappa shape index (κ3) is 6.23. The minimum absolute atomic E-state index is 0.173. The minimum atomic E-state index is -0.726. The molecule has 0 spiro atoms. The Morgan fingerprint density at radius 3 is 2.29 bits per heavy atom. The van der Waals surface area contributed by atoms with Crippen molar-refractivity contribution in [3.05, 3.63) is 88.9 Å². The normalized spacial score (nSPS) is 11.5. The third-order valence-corrected chi connectivity index (χ3v) is 4.99. The summed E-state index contributed by atoms with van der Waals surface area (Å²) in [5.74, 6) is 0.945. The smallest absolute Gasteiger partial charge is 0.255 e. The van der Waals surface area contributed by atoms with Crippen molar-refractivity contribution in [2.45, 2.75) is 12.5 Å². The van der Waals surface area contributed by atoms with Crippen LogP contribution in [0.5, 0.6) is 11.5 Å². The summed E-state index contributed by atoms with van der Waals surface area (Å²) in [6.45, 7) is 0. The molecule has 0 bridgehead atoms. The van der Waals surface area contributed by atoms with E-state index >= 15 is 0 Å². The fourth-order valence-corrected chi connectivity index (χ4v) is 3.22. The molecule has 0 fully saturated rings. The van der Waals surface area contributed by atoms with E-state index in [1.165, 1.54) is 0 Å². The summed E-state index contributed by atoms with van der Waals surface area (Å²) in [5, 5.41) is 3.37. The summed E-state index contributed by atoms with van der Waals surface area (Å²) in [6.07, 6.45) is -0.368. The number of benzene rings is 3. The molecule has 0 heterocycles. The zero-order valence-corrected chi connectivity index (χ0v) is 18.3. The van der Waals surface area contributed by atoms with Crippen LogP contribution < -0.4 is 14.8 Å². The van der Waals surface area contributed by atoms with Crippen molar-refractivity contribution in [1.29, 1.82) is 0 Å². The van der Waals surface area contributed by atoms with Crippen LogP contribution in [-0.4, -0.2) is 30.8 Å². The quantitative estimate of drug-likeness (QED) is 0.322. The SMILES string of the molecule is COc1cccc(C(=O)Nc2ccc(OC(CCCl)C(=O)c3ccc(Cl)cc3)cc2)c1. The Labute approximate surface area is 190 Å². The number of halogens is 2. The van der Waals surface area contributed by atoms with Gasteiger partial charge in [-0.2, -0.15) is 0 Å². The van der Waals surface area contributed by atoms with Gasteiger partial charge in [0.1, 0.15) is 11.5 Å². The van der Waals surface area contributed by atoms with Crippen LogP contribution in [0.3, 0.4) is 0 Å². The van der Waals surface area contributed by atoms with E-state index in [1.54, 1.807) is 79.9 Å². The third-order valence-electron chi connectivity index (χ3n) is 4.51. The lowest BCUT2D eigenvalue weighted by Crippen LogP contribution is -2.28. The van der Waals surface area contributed by atoms with Gasteiger partial charge < -0.3 is 14.8 Å². The molecular weight excluding hydrogens is 437 g/mol. The number of ketones is 1. The maximum absolute atomic E-state index is 12.8. The van der Waals surface area contributed by atoms with Crippen molar-refractivity contribution in [3.8, 4) is 11.5 Å². The molecule has 31 heavy (non-hydrogen) atoms. The van der Waals surface area contributed by atoms with E-state index in [0.29, 0.717) is 39.8 Å². The molecule has 7 heteroatoms. The number of methoxy groups -OCH3 is 1. The van der Waals surface area contributed by atoms with E-state index in [9.17, 15) is 9.59 Å². The van der Waals surface area contributed by atoms with Crippen molar-refractivity contribution in [1.82, 2.24) is 0 Å². The lowest BCUT2D eigenvalue weighted by atomic mass is 10.0. The standard InChI is InChI=1S/C24H21Cl2NO4/c1-30-21-4-2-3-17(15-21)24(29)27-19-9-11-20(12-10-19)31-22(13-14-25)23(28)16-5-7-18(26)8-6-16/h2-12,15,22H,13-14H2,1H3,(H,27,29). The molecule has 0 saturated carbocycles. The molecule has 3 rings (SSSR count). The summed E-state index contributed by atoms with van der Waals surface area (Å²) in [5.41, 5.74) is 1.58. The van der Waals surface area contributed by atoms with Gasteiger partial charge in [0.05, 0.1) is 7.11 Å². The lowest BCUT2D eigenvalue weighted by molar-refractivity contribution is 0.0788. The van der Waals surface area contributed by atoms with E-state index in [4.69, 9.17) is 32.7 Å². The van der Waals surface area contributed by atoms with Crippen molar-refractivity contribution < 1.29 is 19.1 Å². The molecule has 0 saturated heterocycles. The Bertz CT molecular complexity index is 1040. The molecule has 1 unspecified atom stereocenters. The molecule has 1 N–H and O–H groups in total. The fourth-order valence-electron chi connectivity index (χ4n) is 2.89. The highest BCUT2D eigenvalue weighted by Crippen LogP contribution is 2.21. The monoisotopic (exact) mass is 457 g/mol. The summed E-state index contributed by atoms with van der Waals surface area (Å²) in [7, 11) is 1.55. The molecule has 0 aromatic heterocycles. The Balaban J connectivity index is 1.67. The van der Waals surface area contributed by atoms with Crippen LogP contribution in [0, 0.1) is 0 Å². The van der Waals surface area contributed by atoms with Crippen LogP contribution in [0.2, 0.25) is 5.02 Å². The fraction of sp³-hybridized carbons (Fsp3) is 0.167. The van der Waals surface area contributed by atoms with Gasteiger partial charge in [0, 0.05) is 34.1 Å². The molecule has 3 aromatic carbocycles. The summed E-state index contributed by atoms with van der Waals surface area (Å²) < 4.78 is 11.0. The molecule has 3 aromatic rings. The van der Waals surface area contributed by atoms with Crippen LogP contribution in [0.4, 0.5) is 5.69 Å². The van der Waals surface area contributed by atoms with Crippen LogP contribution in [-0.2, 0) is 0 Å². The number of anilines is 1. The van der Waals surface area contributed by atoms with Gasteiger partial charge in [0.15, 0.2) is 6.10 Å². The van der Waals surface area contributed by atoms with E-state index in [2.05, 4.69) is 5.32 Å². The Hall–Kier alpha value is -3.02.